The molecule has 0 aliphatic carbocycles. The van der Waals surface area contributed by atoms with E-state index in [9.17, 15) is 4.39 Å². The largest absolute Gasteiger partial charge is 0.355 e. The van der Waals surface area contributed by atoms with Crippen LogP contribution in [0.1, 0.15) is 17.7 Å². The molecule has 0 N–H and O–H groups in total. The fourth-order valence-electron chi connectivity index (χ4n) is 2.98. The van der Waals surface area contributed by atoms with Gasteiger partial charge in [-0.15, -0.1) is 0 Å². The summed E-state index contributed by atoms with van der Waals surface area (Å²) in [7, 11) is 2.07. The lowest BCUT2D eigenvalue weighted by Crippen LogP contribution is -2.35. The maximum Gasteiger partial charge on any atom is 0.132 e. The second kappa shape index (κ2) is 6.93. The summed E-state index contributed by atoms with van der Waals surface area (Å²) in [6, 6.07) is 7.66. The second-order valence-corrected chi connectivity index (χ2v) is 6.96. The first kappa shape index (κ1) is 16.3. The van der Waals surface area contributed by atoms with Crippen molar-refractivity contribution in [3.05, 3.63) is 52.1 Å². The normalized spacial score (nSPS) is 18.3. The number of benzene rings is 1. The van der Waals surface area contributed by atoms with E-state index in [2.05, 4.69) is 42.7 Å². The van der Waals surface area contributed by atoms with Crippen LogP contribution in [0.25, 0.3) is 0 Å². The molecule has 1 aromatic heterocycles. The molecule has 1 aliphatic rings. The Morgan fingerprint density at radius 3 is 2.91 bits per heavy atom. The van der Waals surface area contributed by atoms with Gasteiger partial charge in [-0.3, -0.25) is 4.90 Å². The number of likely N-dealkylation sites (tertiary alicyclic amines) is 1. The Morgan fingerprint density at radius 1 is 1.35 bits per heavy atom. The quantitative estimate of drug-likeness (QED) is 0.815. The lowest BCUT2D eigenvalue weighted by Gasteiger charge is -2.26. The van der Waals surface area contributed by atoms with Gasteiger partial charge in [-0.05, 0) is 25.5 Å². The lowest BCUT2D eigenvalue weighted by molar-refractivity contribution is 0.320. The van der Waals surface area contributed by atoms with E-state index in [1.165, 1.54) is 6.07 Å². The third kappa shape index (κ3) is 3.87. The van der Waals surface area contributed by atoms with Gasteiger partial charge in [0.25, 0.3) is 0 Å². The first-order valence-electron chi connectivity index (χ1n) is 7.70. The number of aryl methyl sites for hydroxylation is 1. The van der Waals surface area contributed by atoms with Crippen LogP contribution in [-0.2, 0) is 6.54 Å². The predicted molar refractivity (Wildman–Crippen MR) is 93.0 cm³/mol. The molecule has 2 aromatic rings. The van der Waals surface area contributed by atoms with Crippen molar-refractivity contribution in [2.24, 2.45) is 0 Å². The van der Waals surface area contributed by atoms with Gasteiger partial charge < -0.3 is 4.90 Å². The molecule has 1 atom stereocenters. The summed E-state index contributed by atoms with van der Waals surface area (Å²) in [4.78, 5) is 13.0. The van der Waals surface area contributed by atoms with Crippen molar-refractivity contribution in [3.8, 4) is 0 Å². The molecule has 1 aromatic carbocycles. The van der Waals surface area contributed by atoms with Crippen LogP contribution in [0.15, 0.2) is 35.1 Å². The minimum Gasteiger partial charge on any atom is -0.355 e. The van der Waals surface area contributed by atoms with Crippen molar-refractivity contribution < 1.29 is 4.39 Å². The molecule has 0 bridgehead atoms. The topological polar surface area (TPSA) is 32.3 Å². The SMILES string of the molecule is Cc1cc(N(C)C2CCN(Cc3ccc(Br)cc3F)C2)ncn1. The zero-order valence-electron chi connectivity index (χ0n) is 13.3. The third-order valence-electron chi connectivity index (χ3n) is 4.36. The summed E-state index contributed by atoms with van der Waals surface area (Å²) >= 11 is 3.30. The first-order valence-corrected chi connectivity index (χ1v) is 8.50. The van der Waals surface area contributed by atoms with E-state index in [0.29, 0.717) is 12.6 Å². The molecule has 2 heterocycles. The van der Waals surface area contributed by atoms with Crippen molar-refractivity contribution in [2.75, 3.05) is 25.0 Å². The Balaban J connectivity index is 1.64. The second-order valence-electron chi connectivity index (χ2n) is 6.04. The average Bonchev–Trinajstić information content (AvgIpc) is 2.98. The summed E-state index contributed by atoms with van der Waals surface area (Å²) in [5.41, 5.74) is 1.71. The third-order valence-corrected chi connectivity index (χ3v) is 4.85. The van der Waals surface area contributed by atoms with Crippen LogP contribution < -0.4 is 4.90 Å². The molecule has 6 heteroatoms. The highest BCUT2D eigenvalue weighted by Gasteiger charge is 2.27. The molecule has 0 radical (unpaired) electrons. The zero-order valence-corrected chi connectivity index (χ0v) is 14.9. The Bertz CT molecular complexity index is 694. The zero-order chi connectivity index (χ0) is 16.4. The van der Waals surface area contributed by atoms with Crippen LogP contribution in [-0.4, -0.2) is 41.0 Å². The molecule has 1 aliphatic heterocycles. The highest BCUT2D eigenvalue weighted by Crippen LogP contribution is 2.23. The van der Waals surface area contributed by atoms with E-state index in [1.807, 2.05) is 25.1 Å². The maximum absolute atomic E-state index is 14.0. The fourth-order valence-corrected chi connectivity index (χ4v) is 3.32. The minimum absolute atomic E-state index is 0.150. The monoisotopic (exact) mass is 378 g/mol. The molecule has 3 rings (SSSR count). The molecule has 0 amide bonds. The summed E-state index contributed by atoms with van der Waals surface area (Å²) < 4.78 is 14.8. The minimum atomic E-state index is -0.150. The first-order chi connectivity index (χ1) is 11.0. The van der Waals surface area contributed by atoms with Crippen molar-refractivity contribution in [3.63, 3.8) is 0 Å². The number of anilines is 1. The van der Waals surface area contributed by atoms with E-state index in [4.69, 9.17) is 0 Å². The van der Waals surface area contributed by atoms with Crippen molar-refractivity contribution in [1.29, 1.82) is 0 Å². The molecule has 1 fully saturated rings. The molecular formula is C17H20BrFN4. The van der Waals surface area contributed by atoms with E-state index in [1.54, 1.807) is 6.33 Å². The molecular weight excluding hydrogens is 359 g/mol. The van der Waals surface area contributed by atoms with Gasteiger partial charge in [0.1, 0.15) is 18.0 Å². The number of hydrogen-bond donors (Lipinski definition) is 0. The lowest BCUT2D eigenvalue weighted by atomic mass is 10.2. The summed E-state index contributed by atoms with van der Waals surface area (Å²) in [6.07, 6.45) is 2.66. The maximum atomic E-state index is 14.0. The molecule has 4 nitrogen and oxygen atoms in total. The van der Waals surface area contributed by atoms with Gasteiger partial charge in [0.2, 0.25) is 0 Å². The van der Waals surface area contributed by atoms with Crippen LogP contribution in [0.5, 0.6) is 0 Å². The van der Waals surface area contributed by atoms with Crippen molar-refractivity contribution >= 4 is 21.7 Å². The van der Waals surface area contributed by atoms with E-state index < -0.39 is 0 Å². The van der Waals surface area contributed by atoms with E-state index in [0.717, 1.165) is 41.1 Å². The molecule has 1 saturated heterocycles. The summed E-state index contributed by atoms with van der Waals surface area (Å²) in [6.45, 7) is 4.49. The number of halogens is 2. The average molecular weight is 379 g/mol. The number of rotatable bonds is 4. The van der Waals surface area contributed by atoms with Gasteiger partial charge in [0.15, 0.2) is 0 Å². The van der Waals surface area contributed by atoms with Crippen LogP contribution in [0, 0.1) is 12.7 Å². The van der Waals surface area contributed by atoms with Gasteiger partial charge in [0, 0.05) is 54.5 Å². The van der Waals surface area contributed by atoms with Gasteiger partial charge in [-0.2, -0.15) is 0 Å². The van der Waals surface area contributed by atoms with Gasteiger partial charge in [-0.25, -0.2) is 14.4 Å². The Kier molecular flexibility index (Phi) is 4.92. The molecule has 122 valence electrons. The predicted octanol–water partition coefficient (Wildman–Crippen LogP) is 3.40. The van der Waals surface area contributed by atoms with Crippen LogP contribution in [0.2, 0.25) is 0 Å². The Hall–Kier alpha value is -1.53. The summed E-state index contributed by atoms with van der Waals surface area (Å²) in [5.74, 6) is 0.793. The highest BCUT2D eigenvalue weighted by molar-refractivity contribution is 9.10. The van der Waals surface area contributed by atoms with Crippen LogP contribution in [0.4, 0.5) is 10.2 Å². The number of aromatic nitrogens is 2. The summed E-state index contributed by atoms with van der Waals surface area (Å²) in [5, 5.41) is 0. The van der Waals surface area contributed by atoms with Gasteiger partial charge in [0.05, 0.1) is 0 Å². The van der Waals surface area contributed by atoms with Crippen LogP contribution >= 0.6 is 15.9 Å². The van der Waals surface area contributed by atoms with Gasteiger partial charge in [-0.1, -0.05) is 22.0 Å². The standard InChI is InChI=1S/C17H20BrFN4/c1-12-7-17(21-11-20-12)22(2)15-5-6-23(10-15)9-13-3-4-14(18)8-16(13)19/h3-4,7-8,11,15H,5-6,9-10H2,1-2H3. The Labute approximate surface area is 144 Å². The Morgan fingerprint density at radius 2 is 2.17 bits per heavy atom. The molecule has 1 unspecified atom stereocenters. The van der Waals surface area contributed by atoms with Crippen LogP contribution in [0.3, 0.4) is 0 Å². The highest BCUT2D eigenvalue weighted by atomic mass is 79.9. The smallest absolute Gasteiger partial charge is 0.132 e. The molecule has 0 spiro atoms. The number of nitrogens with zero attached hydrogens (tertiary/aromatic N) is 4. The van der Waals surface area contributed by atoms with E-state index >= 15 is 0 Å². The van der Waals surface area contributed by atoms with Crippen molar-refractivity contribution in [1.82, 2.24) is 14.9 Å². The van der Waals surface area contributed by atoms with Gasteiger partial charge >= 0.3 is 0 Å². The molecule has 0 saturated carbocycles. The fraction of sp³-hybridized carbons (Fsp3) is 0.412. The van der Waals surface area contributed by atoms with E-state index in [-0.39, 0.29) is 5.82 Å². The number of likely N-dealkylation sites (N-methyl/N-ethyl adjacent to an activating group) is 1. The van der Waals surface area contributed by atoms with Crippen molar-refractivity contribution in [2.45, 2.75) is 25.9 Å². The number of hydrogen-bond acceptors (Lipinski definition) is 4. The molecule has 23 heavy (non-hydrogen) atoms.